The number of fused-ring (bicyclic) bond motifs is 3. The molecule has 3 fully saturated rings. The van der Waals surface area contributed by atoms with Gasteiger partial charge in [0.15, 0.2) is 0 Å². The van der Waals surface area contributed by atoms with Gasteiger partial charge in [0.1, 0.15) is 18.1 Å². The maximum absolute atomic E-state index is 14.0. The summed E-state index contributed by atoms with van der Waals surface area (Å²) in [4.78, 5) is 32.0. The zero-order valence-electron chi connectivity index (χ0n) is 25.7. The SMILES string of the molecule is CCC/C(=C\c1ccc(CO)o1)CC[C@H]1OC[C@H]2C1=C(CC)C[C@H]1C(=O)N(C3CCN(Cc4ccccc4)CC3)C(=O)[C@H]12. The van der Waals surface area contributed by atoms with Crippen molar-refractivity contribution in [2.75, 3.05) is 19.7 Å². The molecule has 0 spiro atoms. The van der Waals surface area contributed by atoms with Crippen molar-refractivity contribution in [2.24, 2.45) is 17.8 Å². The fraction of sp³-hybridized carbons (Fsp3) is 0.556. The van der Waals surface area contributed by atoms with Crippen LogP contribution in [0, 0.1) is 17.8 Å². The monoisotopic (exact) mass is 586 g/mol. The van der Waals surface area contributed by atoms with Crippen LogP contribution in [0.1, 0.15) is 82.3 Å². The minimum absolute atomic E-state index is 0.000965. The second-order valence-corrected chi connectivity index (χ2v) is 12.8. The largest absolute Gasteiger partial charge is 0.459 e. The Balaban J connectivity index is 1.12. The van der Waals surface area contributed by atoms with Crippen LogP contribution in [0.15, 0.2) is 63.6 Å². The molecule has 2 aromatic rings. The lowest BCUT2D eigenvalue weighted by atomic mass is 9.69. The molecule has 230 valence electrons. The van der Waals surface area contributed by atoms with E-state index in [1.54, 1.807) is 4.90 Å². The lowest BCUT2D eigenvalue weighted by molar-refractivity contribution is -0.144. The Morgan fingerprint density at radius 1 is 1.00 bits per heavy atom. The molecule has 7 heteroatoms. The Labute approximate surface area is 255 Å². The fourth-order valence-electron chi connectivity index (χ4n) is 8.04. The number of carbonyl (C=O) groups excluding carboxylic acids is 2. The number of piperidine rings is 1. The van der Waals surface area contributed by atoms with Gasteiger partial charge in [-0.15, -0.1) is 0 Å². The second kappa shape index (κ2) is 13.3. The maximum atomic E-state index is 14.0. The topological polar surface area (TPSA) is 83.2 Å². The normalized spacial score (nSPS) is 26.9. The summed E-state index contributed by atoms with van der Waals surface area (Å²) in [5.74, 6) is 0.927. The summed E-state index contributed by atoms with van der Waals surface area (Å²) in [5, 5.41) is 9.36. The molecule has 4 heterocycles. The van der Waals surface area contributed by atoms with Crippen LogP contribution >= 0.6 is 0 Å². The van der Waals surface area contributed by atoms with Crippen molar-refractivity contribution in [3.05, 3.63) is 76.3 Å². The highest BCUT2D eigenvalue weighted by Crippen LogP contribution is 2.51. The van der Waals surface area contributed by atoms with Crippen LogP contribution in [-0.4, -0.2) is 58.6 Å². The standard InChI is InChI=1S/C36H46N2O5/c1-3-8-24(19-28-12-13-29(22-39)43-28)11-14-32-33-26(4-2)20-30-34(31(33)23-42-32)36(41)38(35(30)40)27-15-17-37(18-16-27)21-25-9-6-5-7-10-25/h5-7,9-10,12-13,19,27,30-32,34,39H,3-4,8,11,14-18,20-23H2,1-2H3/b24-19+/t30-,31+,32-,34-/m1/s1. The van der Waals surface area contributed by atoms with Gasteiger partial charge in [-0.25, -0.2) is 0 Å². The number of ether oxygens (including phenoxy) is 1. The van der Waals surface area contributed by atoms with E-state index < -0.39 is 0 Å². The number of aliphatic hydroxyl groups excluding tert-OH is 1. The van der Waals surface area contributed by atoms with Crippen LogP contribution in [-0.2, 0) is 27.5 Å². The first-order valence-electron chi connectivity index (χ1n) is 16.4. The van der Waals surface area contributed by atoms with E-state index in [-0.39, 0.29) is 48.3 Å². The highest BCUT2D eigenvalue weighted by atomic mass is 16.5. The van der Waals surface area contributed by atoms with Crippen LogP contribution < -0.4 is 0 Å². The summed E-state index contributed by atoms with van der Waals surface area (Å²) >= 11 is 0. The molecule has 1 aromatic carbocycles. The average molecular weight is 587 g/mol. The number of aliphatic hydroxyl groups is 1. The third kappa shape index (κ3) is 6.17. The van der Waals surface area contributed by atoms with Crippen LogP contribution in [0.25, 0.3) is 6.08 Å². The van der Waals surface area contributed by atoms with Crippen molar-refractivity contribution >= 4 is 17.9 Å². The number of imide groups is 1. The van der Waals surface area contributed by atoms with Gasteiger partial charge in [-0.05, 0) is 74.3 Å². The number of carbonyl (C=O) groups is 2. The molecule has 43 heavy (non-hydrogen) atoms. The van der Waals surface area contributed by atoms with Crippen molar-refractivity contribution < 1.29 is 23.8 Å². The number of nitrogens with zero attached hydrogens (tertiary/aromatic N) is 2. The van der Waals surface area contributed by atoms with E-state index in [4.69, 9.17) is 9.15 Å². The zero-order chi connectivity index (χ0) is 29.9. The first-order chi connectivity index (χ1) is 21.0. The van der Waals surface area contributed by atoms with E-state index in [2.05, 4.69) is 49.1 Å². The molecule has 0 radical (unpaired) electrons. The van der Waals surface area contributed by atoms with E-state index >= 15 is 0 Å². The number of benzene rings is 1. The van der Waals surface area contributed by atoms with Gasteiger partial charge >= 0.3 is 0 Å². The van der Waals surface area contributed by atoms with Gasteiger partial charge in [-0.2, -0.15) is 0 Å². The second-order valence-electron chi connectivity index (χ2n) is 12.8. The smallest absolute Gasteiger partial charge is 0.234 e. The van der Waals surface area contributed by atoms with Gasteiger partial charge in [0.25, 0.3) is 0 Å². The first-order valence-corrected chi connectivity index (χ1v) is 16.4. The van der Waals surface area contributed by atoms with Gasteiger partial charge in [0.05, 0.1) is 24.5 Å². The maximum Gasteiger partial charge on any atom is 0.234 e. The van der Waals surface area contributed by atoms with Crippen molar-refractivity contribution in [2.45, 2.75) is 90.5 Å². The minimum atomic E-state index is -0.282. The molecule has 3 saturated heterocycles. The molecule has 6 rings (SSSR count). The van der Waals surface area contributed by atoms with E-state index in [1.165, 1.54) is 22.3 Å². The fourth-order valence-corrected chi connectivity index (χ4v) is 8.04. The van der Waals surface area contributed by atoms with Crippen molar-refractivity contribution in [1.82, 2.24) is 9.80 Å². The minimum Gasteiger partial charge on any atom is -0.459 e. The molecule has 3 aliphatic heterocycles. The van der Waals surface area contributed by atoms with E-state index in [1.807, 2.05) is 18.2 Å². The highest BCUT2D eigenvalue weighted by molar-refractivity contribution is 6.06. The molecule has 0 bridgehead atoms. The number of amides is 2. The highest BCUT2D eigenvalue weighted by Gasteiger charge is 2.58. The molecule has 1 N–H and O–H groups in total. The molecule has 0 saturated carbocycles. The van der Waals surface area contributed by atoms with Crippen LogP contribution in [0.3, 0.4) is 0 Å². The summed E-state index contributed by atoms with van der Waals surface area (Å²) in [6.07, 6.45) is 9.12. The predicted molar refractivity (Wildman–Crippen MR) is 165 cm³/mol. The molecular weight excluding hydrogens is 540 g/mol. The number of rotatable bonds is 11. The summed E-state index contributed by atoms with van der Waals surface area (Å²) in [5.41, 5.74) is 5.24. The molecule has 0 unspecified atom stereocenters. The van der Waals surface area contributed by atoms with Gasteiger partial charge in [0.2, 0.25) is 11.8 Å². The quantitative estimate of drug-likeness (QED) is 0.252. The molecule has 1 aromatic heterocycles. The Hall–Kier alpha value is -3.00. The summed E-state index contributed by atoms with van der Waals surface area (Å²) in [7, 11) is 0. The molecule has 7 nitrogen and oxygen atoms in total. The summed E-state index contributed by atoms with van der Waals surface area (Å²) in [6.45, 7) is 7.49. The van der Waals surface area contributed by atoms with Gasteiger partial charge in [-0.1, -0.05) is 61.7 Å². The third-order valence-electron chi connectivity index (χ3n) is 10.1. The van der Waals surface area contributed by atoms with Crippen molar-refractivity contribution in [1.29, 1.82) is 0 Å². The molecular formula is C36H46N2O5. The van der Waals surface area contributed by atoms with E-state index in [0.29, 0.717) is 18.8 Å². The lowest BCUT2D eigenvalue weighted by Gasteiger charge is -2.36. The molecule has 2 amide bonds. The van der Waals surface area contributed by atoms with E-state index in [0.717, 1.165) is 70.3 Å². The molecule has 4 aliphatic rings. The average Bonchev–Trinajstić information content (AvgIpc) is 3.73. The first kappa shape index (κ1) is 30.0. The van der Waals surface area contributed by atoms with Crippen LogP contribution in [0.2, 0.25) is 0 Å². The Morgan fingerprint density at radius 3 is 2.49 bits per heavy atom. The van der Waals surface area contributed by atoms with E-state index in [9.17, 15) is 14.7 Å². The Morgan fingerprint density at radius 2 is 1.79 bits per heavy atom. The van der Waals surface area contributed by atoms with Crippen LogP contribution in [0.4, 0.5) is 0 Å². The van der Waals surface area contributed by atoms with Crippen molar-refractivity contribution in [3.8, 4) is 0 Å². The Bertz CT molecular complexity index is 1350. The molecule has 1 aliphatic carbocycles. The summed E-state index contributed by atoms with van der Waals surface area (Å²) in [6, 6.07) is 14.2. The Kier molecular flexibility index (Phi) is 9.31. The number of furan rings is 1. The lowest BCUT2D eigenvalue weighted by Crippen LogP contribution is -2.47. The van der Waals surface area contributed by atoms with Crippen LogP contribution in [0.5, 0.6) is 0 Å². The number of hydrogen-bond acceptors (Lipinski definition) is 6. The van der Waals surface area contributed by atoms with Crippen molar-refractivity contribution in [3.63, 3.8) is 0 Å². The molecule has 4 atom stereocenters. The summed E-state index contributed by atoms with van der Waals surface area (Å²) < 4.78 is 12.2. The van der Waals surface area contributed by atoms with Gasteiger partial charge < -0.3 is 14.3 Å². The number of allylic oxidation sites excluding steroid dienone is 2. The zero-order valence-corrected chi connectivity index (χ0v) is 25.7. The number of likely N-dealkylation sites (tertiary alicyclic amines) is 2. The van der Waals surface area contributed by atoms with Gasteiger partial charge in [-0.3, -0.25) is 19.4 Å². The number of hydrogen-bond donors (Lipinski definition) is 1. The predicted octanol–water partition coefficient (Wildman–Crippen LogP) is 6.13. The van der Waals surface area contributed by atoms with Gasteiger partial charge in [0, 0.05) is 31.6 Å². The third-order valence-corrected chi connectivity index (χ3v) is 10.1.